The van der Waals surface area contributed by atoms with Crippen molar-refractivity contribution < 1.29 is 8.85 Å². The van der Waals surface area contributed by atoms with Gasteiger partial charge < -0.3 is 14.6 Å². The molecule has 3 nitrogen and oxygen atoms in total. The van der Waals surface area contributed by atoms with Crippen LogP contribution >= 0.6 is 0 Å². The van der Waals surface area contributed by atoms with Crippen molar-refractivity contribution in [1.29, 1.82) is 0 Å². The fourth-order valence-electron chi connectivity index (χ4n) is 1.36. The van der Waals surface area contributed by atoms with E-state index in [0.29, 0.717) is 0 Å². The molecule has 0 aliphatic heterocycles. The Morgan fingerprint density at radius 3 is 1.92 bits per heavy atom. The van der Waals surface area contributed by atoms with Gasteiger partial charge in [0.05, 0.1) is 0 Å². The molecule has 0 saturated carbocycles. The monoisotopic (exact) mass is 191 g/mol. The van der Waals surface area contributed by atoms with Crippen molar-refractivity contribution in [3.8, 4) is 0 Å². The lowest BCUT2D eigenvalue weighted by Crippen LogP contribution is -2.43. The third-order valence-electron chi connectivity index (χ3n) is 1.59. The van der Waals surface area contributed by atoms with E-state index in [-0.39, 0.29) is 6.04 Å². The van der Waals surface area contributed by atoms with Crippen molar-refractivity contribution in [2.24, 2.45) is 5.73 Å². The van der Waals surface area contributed by atoms with Crippen LogP contribution in [-0.4, -0.2) is 27.8 Å². The van der Waals surface area contributed by atoms with Gasteiger partial charge in [0.2, 0.25) is 0 Å². The molecule has 0 aliphatic rings. The second kappa shape index (κ2) is 5.69. The zero-order chi connectivity index (χ0) is 9.61. The number of nitrogens with two attached hydrogens (primary N) is 1. The molecule has 0 spiro atoms. The number of hydrogen-bond acceptors (Lipinski definition) is 3. The van der Waals surface area contributed by atoms with Crippen LogP contribution in [0.1, 0.15) is 20.8 Å². The minimum absolute atomic E-state index is 0.166. The fourth-order valence-corrected chi connectivity index (χ4v) is 4.07. The summed E-state index contributed by atoms with van der Waals surface area (Å²) in [5.41, 5.74) is 5.71. The van der Waals surface area contributed by atoms with E-state index in [1.54, 1.807) is 0 Å². The van der Waals surface area contributed by atoms with Gasteiger partial charge in [-0.25, -0.2) is 0 Å². The van der Waals surface area contributed by atoms with Crippen LogP contribution in [0.5, 0.6) is 0 Å². The zero-order valence-corrected chi connectivity index (χ0v) is 9.59. The highest BCUT2D eigenvalue weighted by Gasteiger charge is 2.31. The molecular weight excluding hydrogens is 170 g/mol. The summed E-state index contributed by atoms with van der Waals surface area (Å²) in [6.45, 7) is 9.48. The Labute approximate surface area is 76.5 Å². The van der Waals surface area contributed by atoms with Crippen LogP contribution in [-0.2, 0) is 8.85 Å². The minimum Gasteiger partial charge on any atom is -0.395 e. The summed E-state index contributed by atoms with van der Waals surface area (Å²) in [7, 11) is -1.94. The highest BCUT2D eigenvalue weighted by molar-refractivity contribution is 6.66. The second-order valence-corrected chi connectivity index (χ2v) is 6.43. The molecule has 0 aromatic rings. The van der Waals surface area contributed by atoms with Crippen molar-refractivity contribution in [2.75, 3.05) is 13.2 Å². The molecule has 0 fully saturated rings. The maximum Gasteiger partial charge on any atom is 0.336 e. The van der Waals surface area contributed by atoms with Gasteiger partial charge in [-0.15, -0.1) is 0 Å². The maximum absolute atomic E-state index is 5.71. The average molecular weight is 191 g/mol. The molecular formula is C8H21NO2Si. The van der Waals surface area contributed by atoms with Crippen LogP contribution in [0.2, 0.25) is 12.6 Å². The molecule has 0 saturated heterocycles. The van der Waals surface area contributed by atoms with Gasteiger partial charge in [-0.05, 0) is 20.4 Å². The lowest BCUT2D eigenvalue weighted by Gasteiger charge is -2.27. The van der Waals surface area contributed by atoms with E-state index in [4.69, 9.17) is 14.6 Å². The van der Waals surface area contributed by atoms with Crippen LogP contribution < -0.4 is 5.73 Å². The molecule has 12 heavy (non-hydrogen) atoms. The Balaban J connectivity index is 3.98. The smallest absolute Gasteiger partial charge is 0.336 e. The van der Waals surface area contributed by atoms with E-state index < -0.39 is 8.56 Å². The first-order valence-corrected chi connectivity index (χ1v) is 7.10. The SMILES string of the molecule is CCO[Si](C)(CC(C)N)OCC. The lowest BCUT2D eigenvalue weighted by molar-refractivity contribution is 0.187. The second-order valence-electron chi connectivity index (χ2n) is 3.18. The normalized spacial score (nSPS) is 14.8. The van der Waals surface area contributed by atoms with Gasteiger partial charge in [0, 0.05) is 25.3 Å². The van der Waals surface area contributed by atoms with Gasteiger partial charge in [0.25, 0.3) is 0 Å². The van der Waals surface area contributed by atoms with Gasteiger partial charge in [-0.1, -0.05) is 6.92 Å². The summed E-state index contributed by atoms with van der Waals surface area (Å²) in [5.74, 6) is 0. The van der Waals surface area contributed by atoms with E-state index in [0.717, 1.165) is 19.3 Å². The molecule has 0 rings (SSSR count). The molecule has 74 valence electrons. The standard InChI is InChI=1S/C8H21NO2Si/c1-5-10-12(4,11-6-2)7-8(3)9/h8H,5-7,9H2,1-4H3. The first kappa shape index (κ1) is 12.1. The zero-order valence-electron chi connectivity index (χ0n) is 8.59. The number of hydrogen-bond donors (Lipinski definition) is 1. The van der Waals surface area contributed by atoms with Gasteiger partial charge in [0.15, 0.2) is 0 Å². The van der Waals surface area contributed by atoms with Gasteiger partial charge in [0.1, 0.15) is 0 Å². The molecule has 0 bridgehead atoms. The van der Waals surface area contributed by atoms with Crippen LogP contribution in [0, 0.1) is 0 Å². The van der Waals surface area contributed by atoms with Gasteiger partial charge in [-0.3, -0.25) is 0 Å². The topological polar surface area (TPSA) is 44.5 Å². The molecule has 0 heterocycles. The van der Waals surface area contributed by atoms with Crippen LogP contribution in [0.4, 0.5) is 0 Å². The van der Waals surface area contributed by atoms with Crippen molar-refractivity contribution >= 4 is 8.56 Å². The summed E-state index contributed by atoms with van der Waals surface area (Å²) in [5, 5.41) is 0. The predicted octanol–water partition coefficient (Wildman–Crippen LogP) is 1.48. The molecule has 0 radical (unpaired) electrons. The highest BCUT2D eigenvalue weighted by Crippen LogP contribution is 2.14. The van der Waals surface area contributed by atoms with Crippen LogP contribution in [0.25, 0.3) is 0 Å². The highest BCUT2D eigenvalue weighted by atomic mass is 28.4. The van der Waals surface area contributed by atoms with Crippen molar-refractivity contribution in [1.82, 2.24) is 0 Å². The molecule has 4 heteroatoms. The molecule has 1 unspecified atom stereocenters. The van der Waals surface area contributed by atoms with Crippen LogP contribution in [0.3, 0.4) is 0 Å². The van der Waals surface area contributed by atoms with E-state index in [9.17, 15) is 0 Å². The summed E-state index contributed by atoms with van der Waals surface area (Å²) in [6.07, 6.45) is 0. The Bertz CT molecular complexity index is 114. The first-order chi connectivity index (χ1) is 5.54. The Morgan fingerprint density at radius 1 is 1.25 bits per heavy atom. The van der Waals surface area contributed by atoms with Crippen molar-refractivity contribution in [2.45, 2.75) is 39.4 Å². The summed E-state index contributed by atoms with van der Waals surface area (Å²) < 4.78 is 11.2. The molecule has 1 atom stereocenters. The summed E-state index contributed by atoms with van der Waals surface area (Å²) >= 11 is 0. The molecule has 0 aromatic heterocycles. The lowest BCUT2D eigenvalue weighted by atomic mass is 10.4. The Morgan fingerprint density at radius 2 is 1.67 bits per heavy atom. The largest absolute Gasteiger partial charge is 0.395 e. The summed E-state index contributed by atoms with van der Waals surface area (Å²) in [4.78, 5) is 0. The Hall–Kier alpha value is 0.0969. The summed E-state index contributed by atoms with van der Waals surface area (Å²) in [6, 6.07) is 1.04. The van der Waals surface area contributed by atoms with Crippen molar-refractivity contribution in [3.63, 3.8) is 0 Å². The van der Waals surface area contributed by atoms with Gasteiger partial charge >= 0.3 is 8.56 Å². The quantitative estimate of drug-likeness (QED) is 0.647. The molecule has 0 amide bonds. The number of rotatable bonds is 6. The average Bonchev–Trinajstić information content (AvgIpc) is 1.85. The van der Waals surface area contributed by atoms with E-state index >= 15 is 0 Å². The molecule has 2 N–H and O–H groups in total. The predicted molar refractivity (Wildman–Crippen MR) is 53.3 cm³/mol. The first-order valence-electron chi connectivity index (χ1n) is 4.57. The van der Waals surface area contributed by atoms with Crippen molar-refractivity contribution in [3.05, 3.63) is 0 Å². The van der Waals surface area contributed by atoms with E-state index in [2.05, 4.69) is 6.55 Å². The van der Waals surface area contributed by atoms with Crippen LogP contribution in [0.15, 0.2) is 0 Å². The Kier molecular flexibility index (Phi) is 5.74. The molecule has 0 aromatic carbocycles. The van der Waals surface area contributed by atoms with Gasteiger partial charge in [-0.2, -0.15) is 0 Å². The van der Waals surface area contributed by atoms with E-state index in [1.807, 2.05) is 20.8 Å². The fraction of sp³-hybridized carbons (Fsp3) is 1.00. The molecule has 0 aliphatic carbocycles. The van der Waals surface area contributed by atoms with E-state index in [1.165, 1.54) is 0 Å². The minimum atomic E-state index is -1.94. The third-order valence-corrected chi connectivity index (χ3v) is 4.78. The third kappa shape index (κ3) is 4.87. The maximum atomic E-state index is 5.71.